The Labute approximate surface area is 59.5 Å². The first-order chi connectivity index (χ1) is 4.85. The van der Waals surface area contributed by atoms with Crippen LogP contribution in [-0.2, 0) is 0 Å². The molecule has 0 aromatic carbocycles. The summed E-state index contributed by atoms with van der Waals surface area (Å²) in [4.78, 5) is 7.00. The fourth-order valence-corrected chi connectivity index (χ4v) is 0.837. The van der Waals surface area contributed by atoms with E-state index in [2.05, 4.69) is 26.8 Å². The van der Waals surface area contributed by atoms with Crippen LogP contribution in [0.5, 0.6) is 0 Å². The maximum atomic E-state index is 7.82. The van der Waals surface area contributed by atoms with Crippen molar-refractivity contribution in [3.05, 3.63) is 31.3 Å². The quantitative estimate of drug-likeness (QED) is 0.284. The van der Waals surface area contributed by atoms with Gasteiger partial charge < -0.3 is 0 Å². The van der Waals surface area contributed by atoms with Gasteiger partial charge in [0.15, 0.2) is 0 Å². The molecule has 0 heterocycles. The van der Waals surface area contributed by atoms with Crippen molar-refractivity contribution in [1.29, 1.82) is 0 Å². The van der Waals surface area contributed by atoms with E-state index in [1.165, 1.54) is 0 Å². The number of hydrogen-bond donors (Lipinski definition) is 0. The molecule has 0 aliphatic rings. The third kappa shape index (κ3) is 3.49. The normalized spacial score (nSPS) is 9.60. The summed E-state index contributed by atoms with van der Waals surface area (Å²) in [6.07, 6.45) is 0. The molecule has 0 fully saturated rings. The van der Waals surface area contributed by atoms with Crippen LogP contribution in [0, 0.1) is 0 Å². The van der Waals surface area contributed by atoms with Gasteiger partial charge in [0.05, 0.1) is 0 Å². The van der Waals surface area contributed by atoms with Gasteiger partial charge in [0.25, 0.3) is 0 Å². The summed E-state index contributed by atoms with van der Waals surface area (Å²) in [5.74, 6) is 0. The second-order valence-corrected chi connectivity index (χ2v) is 3.06. The molecule has 0 unspecified atom stereocenters. The van der Waals surface area contributed by atoms with E-state index in [1.807, 2.05) is 0 Å². The topological polar surface area (TPSA) is 146 Å². The van der Waals surface area contributed by atoms with Crippen molar-refractivity contribution in [1.82, 2.24) is 0 Å². The SMILES string of the molecule is [N-]=[N+]=N[As](N=[N+]=[N-])N=[N+]=[N-]. The van der Waals surface area contributed by atoms with Gasteiger partial charge in [-0.3, -0.25) is 0 Å². The molecule has 0 saturated heterocycles. The first-order valence-corrected chi connectivity index (χ1v) is 4.32. The molecule has 0 radical (unpaired) electrons. The van der Waals surface area contributed by atoms with E-state index in [0.717, 1.165) is 0 Å². The van der Waals surface area contributed by atoms with Crippen molar-refractivity contribution in [2.45, 2.75) is 0 Å². The second-order valence-electron chi connectivity index (χ2n) is 0.805. The van der Waals surface area contributed by atoms with E-state index in [4.69, 9.17) is 16.6 Å². The number of nitrogens with zero attached hydrogens (tertiary/aromatic N) is 9. The Kier molecular flexibility index (Phi) is 4.77. The summed E-state index contributed by atoms with van der Waals surface area (Å²) < 4.78 is 8.97. The van der Waals surface area contributed by atoms with Crippen LogP contribution < -0.4 is 0 Å². The molecule has 0 aromatic rings. The van der Waals surface area contributed by atoms with Crippen LogP contribution in [0.15, 0.2) is 12.1 Å². The molecule has 0 aromatic heterocycles. The molecule has 0 aliphatic heterocycles. The van der Waals surface area contributed by atoms with E-state index in [0.29, 0.717) is 0 Å². The summed E-state index contributed by atoms with van der Waals surface area (Å²) in [6.45, 7) is 0. The van der Waals surface area contributed by atoms with Crippen molar-refractivity contribution in [3.8, 4) is 0 Å². The molecule has 0 bridgehead atoms. The zero-order chi connectivity index (χ0) is 7.82. The molecule has 0 saturated carbocycles. The number of hydrogen-bond acceptors (Lipinski definition) is 3. The number of rotatable bonds is 3. The van der Waals surface area contributed by atoms with E-state index in [9.17, 15) is 0 Å². The molecule has 0 atom stereocenters. The average Bonchev–Trinajstić information content (AvgIpc) is 1.90. The Balaban J connectivity index is 4.39. The summed E-state index contributed by atoms with van der Waals surface area (Å²) in [5.41, 5.74) is 23.5. The van der Waals surface area contributed by atoms with Crippen LogP contribution in [0.25, 0.3) is 31.3 Å². The van der Waals surface area contributed by atoms with Gasteiger partial charge in [-0.2, -0.15) is 0 Å². The molecule has 0 amide bonds. The molecular formula is AsN9. The second kappa shape index (κ2) is 5.62. The van der Waals surface area contributed by atoms with E-state index in [-0.39, 0.29) is 0 Å². The zero-order valence-corrected chi connectivity index (χ0v) is 6.35. The summed E-state index contributed by atoms with van der Waals surface area (Å²) in [5, 5.41) is 0. The van der Waals surface area contributed by atoms with Crippen molar-refractivity contribution in [2.24, 2.45) is 12.1 Å². The first kappa shape index (κ1) is 8.49. The molecule has 0 rings (SSSR count). The number of azide groups is 1. The summed E-state index contributed by atoms with van der Waals surface area (Å²) in [6, 6.07) is 0. The Morgan fingerprint density at radius 2 is 1.10 bits per heavy atom. The minimum atomic E-state index is -2.67. The maximum absolute atomic E-state index is 7.82. The monoisotopic (exact) mass is 201 g/mol. The predicted molar refractivity (Wildman–Crippen MR) is 33.2 cm³/mol. The molecular weight excluding hydrogens is 201 g/mol. The van der Waals surface area contributed by atoms with Crippen LogP contribution in [0.3, 0.4) is 0 Å². The third-order valence-electron chi connectivity index (χ3n) is 0.360. The molecule has 10 heteroatoms. The van der Waals surface area contributed by atoms with Gasteiger partial charge in [-0.1, -0.05) is 0 Å². The zero-order valence-electron chi connectivity index (χ0n) is 4.47. The van der Waals surface area contributed by atoms with Crippen LogP contribution in [-0.4, -0.2) is 15.3 Å². The summed E-state index contributed by atoms with van der Waals surface area (Å²) in [7, 11) is 0. The standard InChI is InChI=1S/AsN9/c2-8-5-1(6-9-3)7-10-4. The van der Waals surface area contributed by atoms with E-state index in [1.54, 1.807) is 0 Å². The van der Waals surface area contributed by atoms with Crippen molar-refractivity contribution in [2.75, 3.05) is 0 Å². The molecule has 0 spiro atoms. The third-order valence-corrected chi connectivity index (χ3v) is 1.87. The fraction of sp³-hybridized carbons (Fsp3) is 0. The molecule has 0 N–H and O–H groups in total. The Morgan fingerprint density at radius 3 is 1.30 bits per heavy atom. The van der Waals surface area contributed by atoms with Crippen LogP contribution in [0.2, 0.25) is 0 Å². The van der Waals surface area contributed by atoms with Gasteiger partial charge >= 0.3 is 58.8 Å². The van der Waals surface area contributed by atoms with E-state index >= 15 is 0 Å². The molecule has 0 aliphatic carbocycles. The Morgan fingerprint density at radius 1 is 0.800 bits per heavy atom. The van der Waals surface area contributed by atoms with Gasteiger partial charge in [0, 0.05) is 0 Å². The van der Waals surface area contributed by atoms with Crippen LogP contribution in [0.4, 0.5) is 0 Å². The minimum absolute atomic E-state index is 2.33. The molecule has 9 nitrogen and oxygen atoms in total. The Bertz CT molecular complexity index is 189. The van der Waals surface area contributed by atoms with Gasteiger partial charge in [0.2, 0.25) is 0 Å². The van der Waals surface area contributed by atoms with Gasteiger partial charge in [0.1, 0.15) is 0 Å². The van der Waals surface area contributed by atoms with E-state index < -0.39 is 15.3 Å². The van der Waals surface area contributed by atoms with Crippen LogP contribution in [0.1, 0.15) is 0 Å². The van der Waals surface area contributed by atoms with Gasteiger partial charge in [-0.15, -0.1) is 0 Å². The summed E-state index contributed by atoms with van der Waals surface area (Å²) >= 11 is -2.67. The van der Waals surface area contributed by atoms with Gasteiger partial charge in [-0.25, -0.2) is 0 Å². The van der Waals surface area contributed by atoms with Crippen molar-refractivity contribution in [3.63, 3.8) is 0 Å². The molecule has 10 heavy (non-hydrogen) atoms. The van der Waals surface area contributed by atoms with Gasteiger partial charge in [-0.05, 0) is 0 Å². The Hall–Kier alpha value is -1.51. The predicted octanol–water partition coefficient (Wildman–Crippen LogP) is 1.90. The molecule has 50 valence electrons. The first-order valence-electron chi connectivity index (χ1n) is 1.80. The average molecular weight is 201 g/mol. The van der Waals surface area contributed by atoms with Crippen LogP contribution >= 0.6 is 0 Å². The fourth-order valence-electron chi connectivity index (χ4n) is 0.161. The van der Waals surface area contributed by atoms with Crippen molar-refractivity contribution >= 4 is 15.3 Å². The van der Waals surface area contributed by atoms with Crippen molar-refractivity contribution < 1.29 is 0 Å².